The van der Waals surface area contributed by atoms with Crippen LogP contribution in [0.3, 0.4) is 0 Å². The van der Waals surface area contributed by atoms with Crippen molar-refractivity contribution in [3.8, 4) is 0 Å². The van der Waals surface area contributed by atoms with E-state index in [9.17, 15) is 9.59 Å². The van der Waals surface area contributed by atoms with Crippen LogP contribution in [-0.2, 0) is 0 Å². The van der Waals surface area contributed by atoms with Gasteiger partial charge in [-0.2, -0.15) is 0 Å². The minimum absolute atomic E-state index is 0.0829. The Labute approximate surface area is 258 Å². The molecule has 0 aromatic heterocycles. The second kappa shape index (κ2) is 31.6. The number of hydrogen-bond donors (Lipinski definition) is 0. The first-order valence-electron chi connectivity index (χ1n) is 17.5. The molecule has 0 rings (SSSR count). The summed E-state index contributed by atoms with van der Waals surface area (Å²) in [6.07, 6.45) is 29.6. The smallest absolute Gasteiger partial charge is 0.292 e. The van der Waals surface area contributed by atoms with Gasteiger partial charge in [-0.1, -0.05) is 156 Å². The van der Waals surface area contributed by atoms with E-state index < -0.39 is 0 Å². The molecule has 2 amide bonds. The van der Waals surface area contributed by atoms with Crippen LogP contribution in [0.15, 0.2) is 0 Å². The van der Waals surface area contributed by atoms with E-state index in [0.717, 1.165) is 51.9 Å². The van der Waals surface area contributed by atoms with Crippen molar-refractivity contribution in [3.05, 3.63) is 0 Å². The standard InChI is InChI=1S/C34H68N2O2S2/c1-5-9-13-17-21-25-29-35(30-26-22-18-14-10-6-2)33(37)39-40-34(38)36(31-27-23-19-15-11-7-3)32-28-24-20-16-12-8-4/h5-32H2,1-4H3. The lowest BCUT2D eigenvalue weighted by molar-refractivity contribution is 0.219. The molecule has 0 atom stereocenters. The minimum atomic E-state index is 0.0829. The Balaban J connectivity index is 4.76. The van der Waals surface area contributed by atoms with Crippen LogP contribution in [0.2, 0.25) is 0 Å². The zero-order valence-corrected chi connectivity index (χ0v) is 29.0. The third-order valence-electron chi connectivity index (χ3n) is 7.83. The molecule has 0 aromatic rings. The molecule has 0 radical (unpaired) electrons. The highest BCUT2D eigenvalue weighted by atomic mass is 33.1. The topological polar surface area (TPSA) is 40.6 Å². The first-order valence-corrected chi connectivity index (χ1v) is 19.7. The van der Waals surface area contributed by atoms with Gasteiger partial charge in [0.25, 0.3) is 10.5 Å². The summed E-state index contributed by atoms with van der Waals surface area (Å²) in [5.74, 6) is 0. The van der Waals surface area contributed by atoms with Crippen LogP contribution in [0.25, 0.3) is 0 Å². The van der Waals surface area contributed by atoms with Gasteiger partial charge in [-0.25, -0.2) is 0 Å². The van der Waals surface area contributed by atoms with Crippen LogP contribution in [-0.4, -0.2) is 46.5 Å². The van der Waals surface area contributed by atoms with E-state index in [-0.39, 0.29) is 10.5 Å². The number of rotatable bonds is 28. The molecule has 0 aliphatic rings. The third kappa shape index (κ3) is 25.4. The maximum absolute atomic E-state index is 13.2. The van der Waals surface area contributed by atoms with Crippen molar-refractivity contribution in [1.29, 1.82) is 0 Å². The van der Waals surface area contributed by atoms with Crippen LogP contribution in [0.4, 0.5) is 9.59 Å². The van der Waals surface area contributed by atoms with Crippen molar-refractivity contribution in [2.75, 3.05) is 26.2 Å². The molecule has 0 unspecified atom stereocenters. The Morgan fingerprint density at radius 3 is 0.775 bits per heavy atom. The van der Waals surface area contributed by atoms with Gasteiger partial charge >= 0.3 is 0 Å². The largest absolute Gasteiger partial charge is 0.333 e. The predicted octanol–water partition coefficient (Wildman–Crippen LogP) is 12.7. The van der Waals surface area contributed by atoms with Crippen LogP contribution >= 0.6 is 21.6 Å². The number of carbonyl (C=O) groups is 2. The summed E-state index contributed by atoms with van der Waals surface area (Å²) in [4.78, 5) is 30.5. The molecule has 0 N–H and O–H groups in total. The molecule has 6 heteroatoms. The van der Waals surface area contributed by atoms with Crippen molar-refractivity contribution in [2.45, 2.75) is 182 Å². The Morgan fingerprint density at radius 2 is 0.550 bits per heavy atom. The van der Waals surface area contributed by atoms with Crippen molar-refractivity contribution < 1.29 is 9.59 Å². The highest BCUT2D eigenvalue weighted by Gasteiger charge is 2.20. The molecule has 40 heavy (non-hydrogen) atoms. The quantitative estimate of drug-likeness (QED) is 0.0661. The van der Waals surface area contributed by atoms with Gasteiger partial charge in [0.2, 0.25) is 0 Å². The van der Waals surface area contributed by atoms with Crippen molar-refractivity contribution in [1.82, 2.24) is 9.80 Å². The Morgan fingerprint density at radius 1 is 0.350 bits per heavy atom. The lowest BCUT2D eigenvalue weighted by atomic mass is 10.1. The van der Waals surface area contributed by atoms with Crippen LogP contribution in [0.1, 0.15) is 182 Å². The van der Waals surface area contributed by atoms with Gasteiger partial charge in [-0.05, 0) is 25.7 Å². The van der Waals surface area contributed by atoms with E-state index in [1.54, 1.807) is 0 Å². The Kier molecular flexibility index (Phi) is 31.3. The van der Waals surface area contributed by atoms with E-state index in [1.165, 1.54) is 150 Å². The SMILES string of the molecule is CCCCCCCCN(CCCCCCCC)C(=O)SSC(=O)N(CCCCCCCC)CCCCCCCC. The van der Waals surface area contributed by atoms with Gasteiger partial charge in [-0.3, -0.25) is 9.59 Å². The second-order valence-electron chi connectivity index (χ2n) is 11.7. The summed E-state index contributed by atoms with van der Waals surface area (Å²) in [5.41, 5.74) is 0. The highest BCUT2D eigenvalue weighted by Crippen LogP contribution is 2.29. The number of nitrogens with zero attached hydrogens (tertiary/aromatic N) is 2. The van der Waals surface area contributed by atoms with Crippen molar-refractivity contribution in [3.63, 3.8) is 0 Å². The monoisotopic (exact) mass is 600 g/mol. The molecular formula is C34H68N2O2S2. The van der Waals surface area contributed by atoms with Crippen molar-refractivity contribution in [2.24, 2.45) is 0 Å². The van der Waals surface area contributed by atoms with Crippen LogP contribution in [0.5, 0.6) is 0 Å². The Bertz CT molecular complexity index is 482. The fourth-order valence-electron chi connectivity index (χ4n) is 5.10. The molecule has 0 bridgehead atoms. The van der Waals surface area contributed by atoms with Crippen molar-refractivity contribution >= 4 is 32.1 Å². The number of carbonyl (C=O) groups excluding carboxylic acids is 2. The predicted molar refractivity (Wildman–Crippen MR) is 183 cm³/mol. The normalized spacial score (nSPS) is 11.2. The fourth-order valence-corrected chi connectivity index (χ4v) is 6.88. The van der Waals surface area contributed by atoms with Gasteiger partial charge < -0.3 is 9.80 Å². The first kappa shape index (κ1) is 39.6. The van der Waals surface area contributed by atoms with E-state index in [0.29, 0.717) is 0 Å². The number of amides is 2. The highest BCUT2D eigenvalue weighted by molar-refractivity contribution is 8.87. The molecule has 0 fully saturated rings. The lowest BCUT2D eigenvalue weighted by Gasteiger charge is -2.24. The zero-order chi connectivity index (χ0) is 29.5. The molecule has 0 saturated carbocycles. The van der Waals surface area contributed by atoms with Gasteiger partial charge in [0.1, 0.15) is 0 Å². The van der Waals surface area contributed by atoms with Crippen LogP contribution in [0, 0.1) is 0 Å². The van der Waals surface area contributed by atoms with E-state index in [4.69, 9.17) is 0 Å². The third-order valence-corrected chi connectivity index (χ3v) is 9.82. The summed E-state index contributed by atoms with van der Waals surface area (Å²) < 4.78 is 0. The number of hydrogen-bond acceptors (Lipinski definition) is 4. The molecule has 0 aliphatic heterocycles. The lowest BCUT2D eigenvalue weighted by Crippen LogP contribution is -2.31. The van der Waals surface area contributed by atoms with Crippen LogP contribution < -0.4 is 0 Å². The number of unbranched alkanes of at least 4 members (excludes halogenated alkanes) is 20. The molecule has 0 aromatic carbocycles. The average Bonchev–Trinajstić information content (AvgIpc) is 2.96. The summed E-state index contributed by atoms with van der Waals surface area (Å²) in [7, 11) is 2.36. The fraction of sp³-hybridized carbons (Fsp3) is 0.941. The zero-order valence-electron chi connectivity index (χ0n) is 27.3. The van der Waals surface area contributed by atoms with Gasteiger partial charge in [0.15, 0.2) is 0 Å². The Hall–Kier alpha value is -0.360. The van der Waals surface area contributed by atoms with E-state index in [2.05, 4.69) is 27.7 Å². The molecular weight excluding hydrogens is 533 g/mol. The molecule has 0 spiro atoms. The van der Waals surface area contributed by atoms with Gasteiger partial charge in [0, 0.05) is 47.8 Å². The first-order chi connectivity index (χ1) is 19.6. The van der Waals surface area contributed by atoms with Gasteiger partial charge in [0.05, 0.1) is 0 Å². The minimum Gasteiger partial charge on any atom is -0.333 e. The maximum atomic E-state index is 13.2. The summed E-state index contributed by atoms with van der Waals surface area (Å²) >= 11 is 0. The summed E-state index contributed by atoms with van der Waals surface area (Å²) in [6, 6.07) is 0. The van der Waals surface area contributed by atoms with Gasteiger partial charge in [-0.15, -0.1) is 0 Å². The second-order valence-corrected chi connectivity index (χ2v) is 13.8. The summed E-state index contributed by atoms with van der Waals surface area (Å²) in [5, 5.41) is 0.166. The molecule has 238 valence electrons. The van der Waals surface area contributed by atoms with E-state index >= 15 is 0 Å². The molecule has 0 aliphatic carbocycles. The maximum Gasteiger partial charge on any atom is 0.292 e. The van der Waals surface area contributed by atoms with E-state index in [1.807, 2.05) is 9.80 Å². The molecule has 0 saturated heterocycles. The molecule has 0 heterocycles. The summed E-state index contributed by atoms with van der Waals surface area (Å²) in [6.45, 7) is 12.3. The average molecular weight is 601 g/mol. The molecule has 4 nitrogen and oxygen atoms in total.